The molecule has 0 spiro atoms. The number of hydrogen-bond donors (Lipinski definition) is 1. The molecular weight excluding hydrogens is 212 g/mol. The molecule has 17 heavy (non-hydrogen) atoms. The summed E-state index contributed by atoms with van der Waals surface area (Å²) in [6, 6.07) is 8.24. The van der Waals surface area contributed by atoms with Crippen molar-refractivity contribution in [2.24, 2.45) is 5.92 Å². The van der Waals surface area contributed by atoms with Gasteiger partial charge in [-0.3, -0.25) is 0 Å². The zero-order chi connectivity index (χ0) is 12.4. The fraction of sp³-hybridized carbons (Fsp3) is 0.600. The van der Waals surface area contributed by atoms with Gasteiger partial charge in [0.15, 0.2) is 0 Å². The van der Waals surface area contributed by atoms with Gasteiger partial charge in [-0.1, -0.05) is 25.1 Å². The van der Waals surface area contributed by atoms with E-state index >= 15 is 0 Å². The van der Waals surface area contributed by atoms with E-state index in [0.717, 1.165) is 18.6 Å². The summed E-state index contributed by atoms with van der Waals surface area (Å²) in [7, 11) is 0. The van der Waals surface area contributed by atoms with Gasteiger partial charge in [-0.2, -0.15) is 0 Å². The van der Waals surface area contributed by atoms with Crippen molar-refractivity contribution in [2.45, 2.75) is 51.7 Å². The second-order valence-electron chi connectivity index (χ2n) is 5.31. The quantitative estimate of drug-likeness (QED) is 0.869. The molecule has 0 radical (unpaired) electrons. The van der Waals surface area contributed by atoms with E-state index < -0.39 is 0 Å². The molecule has 0 bridgehead atoms. The molecule has 1 N–H and O–H groups in total. The molecule has 1 aliphatic rings. The number of rotatable bonds is 3. The lowest BCUT2D eigenvalue weighted by atomic mass is 9.89. The Morgan fingerprint density at radius 3 is 2.53 bits per heavy atom. The van der Waals surface area contributed by atoms with E-state index in [4.69, 9.17) is 4.74 Å². The summed E-state index contributed by atoms with van der Waals surface area (Å²) in [5.41, 5.74) is 1.25. The molecule has 2 nitrogen and oxygen atoms in total. The summed E-state index contributed by atoms with van der Waals surface area (Å²) >= 11 is 0. The van der Waals surface area contributed by atoms with Crippen molar-refractivity contribution in [3.05, 3.63) is 29.8 Å². The molecule has 3 atom stereocenters. The molecule has 3 unspecified atom stereocenters. The highest BCUT2D eigenvalue weighted by atomic mass is 16.5. The average Bonchev–Trinajstić information content (AvgIpc) is 2.60. The standard InChI is InChI=1S/C15H22O2/c1-10(2)17-15-7-5-4-6-13(15)12-8-9-14(16)11(12)3/h4-7,10-12,14,16H,8-9H2,1-3H3. The molecule has 2 heteroatoms. The van der Waals surface area contributed by atoms with Crippen molar-refractivity contribution in [3.63, 3.8) is 0 Å². The minimum atomic E-state index is -0.160. The lowest BCUT2D eigenvalue weighted by Crippen LogP contribution is -2.15. The first-order chi connectivity index (χ1) is 8.09. The van der Waals surface area contributed by atoms with Crippen molar-refractivity contribution in [1.82, 2.24) is 0 Å². The Hall–Kier alpha value is -1.02. The Morgan fingerprint density at radius 1 is 1.24 bits per heavy atom. The number of hydrogen-bond acceptors (Lipinski definition) is 2. The molecule has 0 aliphatic heterocycles. The molecule has 1 aromatic rings. The lowest BCUT2D eigenvalue weighted by Gasteiger charge is -2.22. The maximum atomic E-state index is 9.86. The van der Waals surface area contributed by atoms with Gasteiger partial charge in [-0.25, -0.2) is 0 Å². The molecule has 1 fully saturated rings. The Balaban J connectivity index is 2.25. The molecular formula is C15H22O2. The van der Waals surface area contributed by atoms with E-state index in [0.29, 0.717) is 11.8 Å². The fourth-order valence-electron chi connectivity index (χ4n) is 2.73. The van der Waals surface area contributed by atoms with Gasteiger partial charge < -0.3 is 9.84 Å². The van der Waals surface area contributed by atoms with Crippen LogP contribution in [-0.4, -0.2) is 17.3 Å². The van der Waals surface area contributed by atoms with Crippen LogP contribution in [0.15, 0.2) is 24.3 Å². The van der Waals surface area contributed by atoms with Crippen molar-refractivity contribution < 1.29 is 9.84 Å². The van der Waals surface area contributed by atoms with Gasteiger partial charge in [0.2, 0.25) is 0 Å². The first-order valence-corrected chi connectivity index (χ1v) is 6.53. The maximum absolute atomic E-state index is 9.86. The monoisotopic (exact) mass is 234 g/mol. The Labute approximate surface area is 104 Å². The van der Waals surface area contributed by atoms with E-state index in [1.165, 1.54) is 5.56 Å². The lowest BCUT2D eigenvalue weighted by molar-refractivity contribution is 0.136. The smallest absolute Gasteiger partial charge is 0.123 e. The Bertz CT molecular complexity index is 373. The van der Waals surface area contributed by atoms with Crippen LogP contribution in [0.4, 0.5) is 0 Å². The van der Waals surface area contributed by atoms with Crippen LogP contribution in [0.2, 0.25) is 0 Å². The van der Waals surface area contributed by atoms with Gasteiger partial charge in [-0.05, 0) is 50.2 Å². The predicted molar refractivity (Wildman–Crippen MR) is 69.4 cm³/mol. The summed E-state index contributed by atoms with van der Waals surface area (Å²) in [5, 5.41) is 9.86. The van der Waals surface area contributed by atoms with Crippen LogP contribution < -0.4 is 4.74 Å². The molecule has 0 aromatic heterocycles. The molecule has 94 valence electrons. The Morgan fingerprint density at radius 2 is 1.94 bits per heavy atom. The number of benzene rings is 1. The summed E-state index contributed by atoms with van der Waals surface area (Å²) in [6.07, 6.45) is 1.99. The highest BCUT2D eigenvalue weighted by Crippen LogP contribution is 2.42. The largest absolute Gasteiger partial charge is 0.491 e. The number of aliphatic hydroxyl groups excluding tert-OH is 1. The minimum Gasteiger partial charge on any atom is -0.491 e. The maximum Gasteiger partial charge on any atom is 0.123 e. The van der Waals surface area contributed by atoms with Gasteiger partial charge in [0.05, 0.1) is 12.2 Å². The van der Waals surface area contributed by atoms with Crippen molar-refractivity contribution >= 4 is 0 Å². The van der Waals surface area contributed by atoms with Crippen LogP contribution in [0, 0.1) is 5.92 Å². The van der Waals surface area contributed by atoms with Crippen LogP contribution in [0.1, 0.15) is 45.1 Å². The summed E-state index contributed by atoms with van der Waals surface area (Å²) in [6.45, 7) is 6.22. The van der Waals surface area contributed by atoms with Crippen LogP contribution in [-0.2, 0) is 0 Å². The van der Waals surface area contributed by atoms with Crippen LogP contribution in [0.5, 0.6) is 5.75 Å². The highest BCUT2D eigenvalue weighted by molar-refractivity contribution is 5.37. The molecule has 1 aromatic carbocycles. The van der Waals surface area contributed by atoms with Crippen LogP contribution in [0.3, 0.4) is 0 Å². The number of ether oxygens (including phenoxy) is 1. The van der Waals surface area contributed by atoms with Crippen molar-refractivity contribution in [3.8, 4) is 5.75 Å². The molecule has 0 heterocycles. The summed E-state index contributed by atoms with van der Waals surface area (Å²) in [5.74, 6) is 1.74. The van der Waals surface area contributed by atoms with E-state index in [1.807, 2.05) is 26.0 Å². The van der Waals surface area contributed by atoms with Gasteiger partial charge >= 0.3 is 0 Å². The minimum absolute atomic E-state index is 0.160. The number of aliphatic hydroxyl groups is 1. The van der Waals surface area contributed by atoms with Crippen LogP contribution in [0.25, 0.3) is 0 Å². The van der Waals surface area contributed by atoms with Crippen LogP contribution >= 0.6 is 0 Å². The van der Waals surface area contributed by atoms with Gasteiger partial charge in [0, 0.05) is 0 Å². The van der Waals surface area contributed by atoms with E-state index in [2.05, 4.69) is 19.1 Å². The molecule has 0 saturated heterocycles. The topological polar surface area (TPSA) is 29.5 Å². The molecule has 1 saturated carbocycles. The fourth-order valence-corrected chi connectivity index (χ4v) is 2.73. The molecule has 0 amide bonds. The normalized spacial score (nSPS) is 28.6. The third-order valence-electron chi connectivity index (χ3n) is 3.70. The summed E-state index contributed by atoms with van der Waals surface area (Å²) in [4.78, 5) is 0. The number of para-hydroxylation sites is 1. The van der Waals surface area contributed by atoms with Gasteiger partial charge in [0.25, 0.3) is 0 Å². The van der Waals surface area contributed by atoms with Crippen molar-refractivity contribution in [1.29, 1.82) is 0 Å². The molecule has 1 aliphatic carbocycles. The summed E-state index contributed by atoms with van der Waals surface area (Å²) < 4.78 is 5.86. The van der Waals surface area contributed by atoms with E-state index in [9.17, 15) is 5.11 Å². The highest BCUT2D eigenvalue weighted by Gasteiger charge is 2.33. The SMILES string of the molecule is CC(C)Oc1ccccc1C1CCC(O)C1C. The third-order valence-corrected chi connectivity index (χ3v) is 3.70. The second kappa shape index (κ2) is 5.09. The van der Waals surface area contributed by atoms with Gasteiger partial charge in [0.1, 0.15) is 5.75 Å². The van der Waals surface area contributed by atoms with Crippen molar-refractivity contribution in [2.75, 3.05) is 0 Å². The first kappa shape index (κ1) is 12.4. The average molecular weight is 234 g/mol. The first-order valence-electron chi connectivity index (χ1n) is 6.53. The molecule has 2 rings (SSSR count). The second-order valence-corrected chi connectivity index (χ2v) is 5.31. The van der Waals surface area contributed by atoms with E-state index in [-0.39, 0.29) is 12.2 Å². The third kappa shape index (κ3) is 2.63. The zero-order valence-electron chi connectivity index (χ0n) is 10.9. The zero-order valence-corrected chi connectivity index (χ0v) is 10.9. The van der Waals surface area contributed by atoms with Gasteiger partial charge in [-0.15, -0.1) is 0 Å². The predicted octanol–water partition coefficient (Wildman–Crippen LogP) is 3.35. The Kier molecular flexibility index (Phi) is 3.72. The van der Waals surface area contributed by atoms with E-state index in [1.54, 1.807) is 0 Å².